The topological polar surface area (TPSA) is 49.3 Å². The predicted octanol–water partition coefficient (Wildman–Crippen LogP) is 2.46. The standard InChI is InChI=1S/C16H11NO2/c1-2-10-4-3-5-13-14(16(19)17-15(10)13)11-6-8-12(18)9-7-11/h1,3-9,14,18H,(H,17,19). The third-order valence-electron chi connectivity index (χ3n) is 3.30. The summed E-state index contributed by atoms with van der Waals surface area (Å²) < 4.78 is 0. The van der Waals surface area contributed by atoms with Gasteiger partial charge >= 0.3 is 0 Å². The van der Waals surface area contributed by atoms with Gasteiger partial charge in [-0.2, -0.15) is 0 Å². The van der Waals surface area contributed by atoms with Crippen molar-refractivity contribution in [1.29, 1.82) is 0 Å². The van der Waals surface area contributed by atoms with E-state index < -0.39 is 0 Å². The van der Waals surface area contributed by atoms with Crippen molar-refractivity contribution in [3.05, 3.63) is 59.2 Å². The molecule has 1 atom stereocenters. The van der Waals surface area contributed by atoms with E-state index in [1.165, 1.54) is 0 Å². The molecule has 0 saturated carbocycles. The number of amides is 1. The molecule has 0 fully saturated rings. The lowest BCUT2D eigenvalue weighted by Gasteiger charge is -2.09. The van der Waals surface area contributed by atoms with Gasteiger partial charge in [-0.05, 0) is 29.3 Å². The highest BCUT2D eigenvalue weighted by Gasteiger charge is 2.32. The zero-order chi connectivity index (χ0) is 13.4. The molecule has 3 nitrogen and oxygen atoms in total. The van der Waals surface area contributed by atoms with E-state index in [4.69, 9.17) is 6.42 Å². The van der Waals surface area contributed by atoms with E-state index in [1.807, 2.05) is 12.1 Å². The molecule has 1 aliphatic rings. The summed E-state index contributed by atoms with van der Waals surface area (Å²) in [4.78, 5) is 12.1. The third-order valence-corrected chi connectivity index (χ3v) is 3.30. The number of hydrogen-bond acceptors (Lipinski definition) is 2. The van der Waals surface area contributed by atoms with Gasteiger partial charge in [0.05, 0.1) is 11.6 Å². The molecule has 3 heteroatoms. The number of fused-ring (bicyclic) bond motifs is 1. The second-order valence-electron chi connectivity index (χ2n) is 4.43. The summed E-state index contributed by atoms with van der Waals surface area (Å²) in [6.07, 6.45) is 5.44. The fraction of sp³-hybridized carbons (Fsp3) is 0.0625. The number of nitrogens with one attached hydrogen (secondary N) is 1. The number of carbonyl (C=O) groups excluding carboxylic acids is 1. The lowest BCUT2D eigenvalue weighted by molar-refractivity contribution is -0.116. The summed E-state index contributed by atoms with van der Waals surface area (Å²) in [5, 5.41) is 12.2. The van der Waals surface area contributed by atoms with E-state index in [9.17, 15) is 9.90 Å². The number of terminal acetylenes is 1. The highest BCUT2D eigenvalue weighted by molar-refractivity contribution is 6.06. The molecule has 1 heterocycles. The lowest BCUT2D eigenvalue weighted by Crippen LogP contribution is -2.13. The molecule has 2 N–H and O–H groups in total. The minimum Gasteiger partial charge on any atom is -0.508 e. The van der Waals surface area contributed by atoms with Crippen LogP contribution in [0.25, 0.3) is 0 Å². The Balaban J connectivity index is 2.14. The molecule has 1 unspecified atom stereocenters. The summed E-state index contributed by atoms with van der Waals surface area (Å²) >= 11 is 0. The first-order valence-electron chi connectivity index (χ1n) is 5.90. The number of anilines is 1. The maximum atomic E-state index is 12.1. The van der Waals surface area contributed by atoms with Crippen LogP contribution in [0.1, 0.15) is 22.6 Å². The van der Waals surface area contributed by atoms with Gasteiger partial charge in [0, 0.05) is 5.56 Å². The predicted molar refractivity (Wildman–Crippen MR) is 73.0 cm³/mol. The van der Waals surface area contributed by atoms with Crippen LogP contribution in [0.2, 0.25) is 0 Å². The first-order valence-corrected chi connectivity index (χ1v) is 5.90. The maximum Gasteiger partial charge on any atom is 0.236 e. The molecule has 0 spiro atoms. The van der Waals surface area contributed by atoms with Gasteiger partial charge in [-0.1, -0.05) is 30.2 Å². The Hall–Kier alpha value is -2.73. The molecule has 92 valence electrons. The van der Waals surface area contributed by atoms with Crippen molar-refractivity contribution in [2.75, 3.05) is 5.32 Å². The van der Waals surface area contributed by atoms with Gasteiger partial charge in [0.25, 0.3) is 0 Å². The summed E-state index contributed by atoms with van der Waals surface area (Å²) in [7, 11) is 0. The number of hydrogen-bond donors (Lipinski definition) is 2. The van der Waals surface area contributed by atoms with Gasteiger partial charge in [0.15, 0.2) is 0 Å². The summed E-state index contributed by atoms with van der Waals surface area (Å²) in [5.41, 5.74) is 3.12. The Bertz CT molecular complexity index is 696. The molecule has 0 saturated heterocycles. The van der Waals surface area contributed by atoms with E-state index in [1.54, 1.807) is 30.3 Å². The van der Waals surface area contributed by atoms with Crippen molar-refractivity contribution in [3.63, 3.8) is 0 Å². The second-order valence-corrected chi connectivity index (χ2v) is 4.43. The SMILES string of the molecule is C#Cc1cccc2c1NC(=O)C2c1ccc(O)cc1. The minimum absolute atomic E-state index is 0.0941. The van der Waals surface area contributed by atoms with E-state index >= 15 is 0 Å². The zero-order valence-corrected chi connectivity index (χ0v) is 10.1. The molecular formula is C16H11NO2. The maximum absolute atomic E-state index is 12.1. The number of carbonyl (C=O) groups is 1. The second kappa shape index (κ2) is 4.18. The largest absolute Gasteiger partial charge is 0.508 e. The van der Waals surface area contributed by atoms with Gasteiger partial charge in [-0.25, -0.2) is 0 Å². The Morgan fingerprint density at radius 3 is 2.58 bits per heavy atom. The molecule has 2 aromatic rings. The molecule has 2 aromatic carbocycles. The van der Waals surface area contributed by atoms with Gasteiger partial charge in [-0.3, -0.25) is 4.79 Å². The van der Waals surface area contributed by atoms with Gasteiger partial charge in [-0.15, -0.1) is 6.42 Å². The number of rotatable bonds is 1. The van der Waals surface area contributed by atoms with Crippen molar-refractivity contribution in [1.82, 2.24) is 0 Å². The van der Waals surface area contributed by atoms with Gasteiger partial charge in [0.2, 0.25) is 5.91 Å². The Kier molecular flexibility index (Phi) is 2.50. The van der Waals surface area contributed by atoms with Crippen LogP contribution in [0.3, 0.4) is 0 Å². The van der Waals surface area contributed by atoms with Crippen LogP contribution in [-0.2, 0) is 4.79 Å². The van der Waals surface area contributed by atoms with Crippen LogP contribution >= 0.6 is 0 Å². The minimum atomic E-state index is -0.371. The average Bonchev–Trinajstić information content (AvgIpc) is 2.76. The summed E-state index contributed by atoms with van der Waals surface area (Å²) in [6, 6.07) is 12.2. The van der Waals surface area contributed by atoms with E-state index in [0.717, 1.165) is 11.1 Å². The van der Waals surface area contributed by atoms with Crippen molar-refractivity contribution in [2.24, 2.45) is 0 Å². The third kappa shape index (κ3) is 1.74. The molecule has 3 rings (SSSR count). The number of benzene rings is 2. The summed E-state index contributed by atoms with van der Waals surface area (Å²) in [5.74, 6) is 2.29. The molecule has 1 aliphatic heterocycles. The average molecular weight is 249 g/mol. The lowest BCUT2D eigenvalue weighted by atomic mass is 9.91. The van der Waals surface area contributed by atoms with Crippen molar-refractivity contribution in [3.8, 4) is 18.1 Å². The fourth-order valence-corrected chi connectivity index (χ4v) is 2.40. The van der Waals surface area contributed by atoms with Crippen LogP contribution in [0.5, 0.6) is 5.75 Å². The Labute approximate surface area is 110 Å². The molecule has 0 aliphatic carbocycles. The Morgan fingerprint density at radius 1 is 1.16 bits per heavy atom. The first-order chi connectivity index (χ1) is 9.20. The molecule has 1 amide bonds. The number of phenolic OH excluding ortho intramolecular Hbond substituents is 1. The number of para-hydroxylation sites is 1. The monoisotopic (exact) mass is 249 g/mol. The molecular weight excluding hydrogens is 238 g/mol. The van der Waals surface area contributed by atoms with Gasteiger partial charge < -0.3 is 10.4 Å². The van der Waals surface area contributed by atoms with Crippen LogP contribution in [0.15, 0.2) is 42.5 Å². The van der Waals surface area contributed by atoms with Crippen LogP contribution in [0, 0.1) is 12.3 Å². The van der Waals surface area contributed by atoms with Crippen molar-refractivity contribution >= 4 is 11.6 Å². The highest BCUT2D eigenvalue weighted by atomic mass is 16.3. The fourth-order valence-electron chi connectivity index (χ4n) is 2.40. The van der Waals surface area contributed by atoms with Crippen molar-refractivity contribution in [2.45, 2.75) is 5.92 Å². The highest BCUT2D eigenvalue weighted by Crippen LogP contribution is 2.39. The Morgan fingerprint density at radius 2 is 1.89 bits per heavy atom. The molecule has 0 aromatic heterocycles. The molecule has 0 radical (unpaired) electrons. The molecule has 0 bridgehead atoms. The quantitative estimate of drug-likeness (QED) is 0.763. The van der Waals surface area contributed by atoms with E-state index in [-0.39, 0.29) is 17.6 Å². The van der Waals surface area contributed by atoms with Crippen molar-refractivity contribution < 1.29 is 9.90 Å². The van der Waals surface area contributed by atoms with Crippen LogP contribution in [0.4, 0.5) is 5.69 Å². The van der Waals surface area contributed by atoms with Crippen LogP contribution < -0.4 is 5.32 Å². The smallest absolute Gasteiger partial charge is 0.236 e. The number of aromatic hydroxyl groups is 1. The number of phenols is 1. The van der Waals surface area contributed by atoms with Gasteiger partial charge in [0.1, 0.15) is 5.75 Å². The molecule has 19 heavy (non-hydrogen) atoms. The first kappa shape index (κ1) is 11.4. The van der Waals surface area contributed by atoms with E-state index in [2.05, 4.69) is 11.2 Å². The normalized spacial score (nSPS) is 16.6. The van der Waals surface area contributed by atoms with E-state index in [0.29, 0.717) is 11.3 Å². The van der Waals surface area contributed by atoms with Crippen LogP contribution in [-0.4, -0.2) is 11.0 Å². The summed E-state index contributed by atoms with van der Waals surface area (Å²) in [6.45, 7) is 0. The zero-order valence-electron chi connectivity index (χ0n) is 10.1.